The average Bonchev–Trinajstić information content (AvgIpc) is 3.28. The fourth-order valence-electron chi connectivity index (χ4n) is 4.21. The van der Waals surface area contributed by atoms with E-state index in [9.17, 15) is 9.59 Å². The summed E-state index contributed by atoms with van der Waals surface area (Å²) in [5.41, 5.74) is 3.48. The standard InChI is InChI=1S/C28H31N3O4S/c1-5-18(2)29-24(32)15-21-17-36-28-30-19(3)25(27(33)35-16-20-11-7-6-8-12-20)26(31(21)28)22-13-9-10-14-23(22)34-4/h6-14,17-18,26H,5,15-16H2,1-4H3,(H,29,32)/t18-,26-/m0/s1. The number of carbonyl (C=O) groups excluding carboxylic acids is 2. The largest absolute Gasteiger partial charge is 0.496 e. The van der Waals surface area contributed by atoms with E-state index in [1.54, 1.807) is 7.11 Å². The summed E-state index contributed by atoms with van der Waals surface area (Å²) in [6.07, 6.45) is 1.02. The molecule has 2 atom stereocenters. The number of nitrogens with zero attached hydrogens (tertiary/aromatic N) is 2. The number of ether oxygens (including phenoxy) is 2. The van der Waals surface area contributed by atoms with Gasteiger partial charge >= 0.3 is 5.97 Å². The maximum Gasteiger partial charge on any atom is 0.338 e. The minimum atomic E-state index is -0.547. The van der Waals surface area contributed by atoms with Crippen LogP contribution in [0, 0.1) is 0 Å². The zero-order valence-electron chi connectivity index (χ0n) is 21.0. The van der Waals surface area contributed by atoms with Crippen molar-refractivity contribution in [3.8, 4) is 5.75 Å². The lowest BCUT2D eigenvalue weighted by Crippen LogP contribution is -2.39. The van der Waals surface area contributed by atoms with E-state index in [4.69, 9.17) is 14.5 Å². The second-order valence-electron chi connectivity index (χ2n) is 8.75. The molecule has 1 N–H and O–H groups in total. The number of fused-ring (bicyclic) bond motifs is 1. The molecule has 0 saturated heterocycles. The number of hydrogen-bond acceptors (Lipinski definition) is 7. The molecular formula is C28H31N3O4S. The summed E-state index contributed by atoms with van der Waals surface area (Å²) in [6.45, 7) is 5.98. The molecule has 2 aliphatic rings. The number of carbonyl (C=O) groups is 2. The van der Waals surface area contributed by atoms with Crippen molar-refractivity contribution in [2.45, 2.75) is 52.3 Å². The summed E-state index contributed by atoms with van der Waals surface area (Å²) in [4.78, 5) is 33.0. The van der Waals surface area contributed by atoms with Crippen LogP contribution in [0.25, 0.3) is 0 Å². The molecular weight excluding hydrogens is 474 g/mol. The van der Waals surface area contributed by atoms with Crippen molar-refractivity contribution in [2.75, 3.05) is 7.11 Å². The smallest absolute Gasteiger partial charge is 0.338 e. The molecule has 2 aromatic rings. The number of amides is 1. The molecule has 0 saturated carbocycles. The monoisotopic (exact) mass is 505 g/mol. The molecule has 0 fully saturated rings. The summed E-state index contributed by atoms with van der Waals surface area (Å²) in [5.74, 6) is 0.122. The van der Waals surface area contributed by atoms with Crippen molar-refractivity contribution in [3.05, 3.63) is 88.1 Å². The first-order valence-electron chi connectivity index (χ1n) is 12.0. The van der Waals surface area contributed by atoms with Crippen molar-refractivity contribution < 1.29 is 19.1 Å². The van der Waals surface area contributed by atoms with E-state index in [0.717, 1.165) is 23.2 Å². The van der Waals surface area contributed by atoms with E-state index < -0.39 is 12.0 Å². The molecule has 8 heteroatoms. The Kier molecular flexibility index (Phi) is 8.15. The van der Waals surface area contributed by atoms with E-state index >= 15 is 0 Å². The highest BCUT2D eigenvalue weighted by atomic mass is 32.2. The van der Waals surface area contributed by atoms with Gasteiger partial charge in [-0.05, 0) is 37.3 Å². The van der Waals surface area contributed by atoms with Crippen molar-refractivity contribution >= 4 is 28.8 Å². The molecule has 2 aromatic carbocycles. The van der Waals surface area contributed by atoms with E-state index in [1.165, 1.54) is 11.8 Å². The van der Waals surface area contributed by atoms with Gasteiger partial charge < -0.3 is 19.7 Å². The predicted octanol–water partition coefficient (Wildman–Crippen LogP) is 5.32. The third-order valence-corrected chi connectivity index (χ3v) is 7.12. The first-order chi connectivity index (χ1) is 17.4. The van der Waals surface area contributed by atoms with Gasteiger partial charge in [0.15, 0.2) is 5.17 Å². The molecule has 0 radical (unpaired) electrons. The number of aliphatic imine (C=N–C) groups is 1. The zero-order chi connectivity index (χ0) is 25.7. The minimum Gasteiger partial charge on any atom is -0.496 e. The van der Waals surface area contributed by atoms with E-state index in [-0.39, 0.29) is 25.0 Å². The number of rotatable bonds is 9. The van der Waals surface area contributed by atoms with Gasteiger partial charge in [-0.3, -0.25) is 4.79 Å². The Labute approximate surface area is 216 Å². The molecule has 0 aliphatic carbocycles. The Hall–Kier alpha value is -3.52. The predicted molar refractivity (Wildman–Crippen MR) is 142 cm³/mol. The highest BCUT2D eigenvalue weighted by molar-refractivity contribution is 8.16. The number of esters is 1. The van der Waals surface area contributed by atoms with Crippen LogP contribution >= 0.6 is 11.8 Å². The normalized spacial score (nSPS) is 17.7. The van der Waals surface area contributed by atoms with Crippen molar-refractivity contribution in [2.24, 2.45) is 4.99 Å². The SMILES string of the molecule is CC[C@H](C)NC(=O)CC1=CSC2=NC(C)=C(C(=O)OCc3ccccc3)[C@H](c3ccccc3OC)N12. The first kappa shape index (κ1) is 25.6. The van der Waals surface area contributed by atoms with E-state index in [0.29, 0.717) is 22.2 Å². The van der Waals surface area contributed by atoms with E-state index in [2.05, 4.69) is 5.32 Å². The zero-order valence-corrected chi connectivity index (χ0v) is 21.8. The van der Waals surface area contributed by atoms with Gasteiger partial charge in [0, 0.05) is 17.3 Å². The van der Waals surface area contributed by atoms with Crippen LogP contribution in [0.2, 0.25) is 0 Å². The summed E-state index contributed by atoms with van der Waals surface area (Å²) < 4.78 is 11.4. The average molecular weight is 506 g/mol. The Bertz CT molecular complexity index is 1220. The van der Waals surface area contributed by atoms with Crippen LogP contribution < -0.4 is 10.1 Å². The van der Waals surface area contributed by atoms with Crippen LogP contribution in [0.15, 0.2) is 82.0 Å². The third-order valence-electron chi connectivity index (χ3n) is 6.23. The second kappa shape index (κ2) is 11.5. The van der Waals surface area contributed by atoms with E-state index in [1.807, 2.05) is 85.7 Å². The molecule has 1 amide bonds. The number of benzene rings is 2. The van der Waals surface area contributed by atoms with Gasteiger partial charge in [-0.1, -0.05) is 67.2 Å². The highest BCUT2D eigenvalue weighted by Crippen LogP contribution is 2.46. The van der Waals surface area contributed by atoms with Crippen molar-refractivity contribution in [1.29, 1.82) is 0 Å². The van der Waals surface area contributed by atoms with Crippen LogP contribution in [-0.2, 0) is 20.9 Å². The van der Waals surface area contributed by atoms with Gasteiger partial charge in [-0.25, -0.2) is 9.79 Å². The highest BCUT2D eigenvalue weighted by Gasteiger charge is 2.42. The van der Waals surface area contributed by atoms with Crippen molar-refractivity contribution in [1.82, 2.24) is 10.2 Å². The number of para-hydroxylation sites is 1. The maximum absolute atomic E-state index is 13.5. The minimum absolute atomic E-state index is 0.0734. The van der Waals surface area contributed by atoms with Crippen LogP contribution in [0.1, 0.15) is 50.8 Å². The van der Waals surface area contributed by atoms with Gasteiger partial charge in [0.1, 0.15) is 12.4 Å². The molecule has 188 valence electrons. The quantitative estimate of drug-likeness (QED) is 0.465. The molecule has 2 heterocycles. The fraction of sp³-hybridized carbons (Fsp3) is 0.321. The summed E-state index contributed by atoms with van der Waals surface area (Å²) in [7, 11) is 1.61. The lowest BCUT2D eigenvalue weighted by Gasteiger charge is -2.36. The van der Waals surface area contributed by atoms with Crippen LogP contribution in [0.4, 0.5) is 0 Å². The Morgan fingerprint density at radius 3 is 2.58 bits per heavy atom. The molecule has 0 bridgehead atoms. The van der Waals surface area contributed by atoms with Gasteiger partial charge in [0.05, 0.1) is 30.8 Å². The van der Waals surface area contributed by atoms with Crippen molar-refractivity contribution in [3.63, 3.8) is 0 Å². The number of methoxy groups -OCH3 is 1. The molecule has 4 rings (SSSR count). The fourth-order valence-corrected chi connectivity index (χ4v) is 5.17. The first-order valence-corrected chi connectivity index (χ1v) is 12.9. The molecule has 0 unspecified atom stereocenters. The number of amidine groups is 1. The lowest BCUT2D eigenvalue weighted by molar-refractivity contribution is -0.141. The topological polar surface area (TPSA) is 80.2 Å². The van der Waals surface area contributed by atoms with Crippen LogP contribution in [0.5, 0.6) is 5.75 Å². The summed E-state index contributed by atoms with van der Waals surface area (Å²) in [5, 5.41) is 5.68. The van der Waals surface area contributed by atoms with Gasteiger partial charge in [0.25, 0.3) is 0 Å². The molecule has 0 spiro atoms. The van der Waals surface area contributed by atoms with Crippen LogP contribution in [-0.4, -0.2) is 35.1 Å². The Morgan fingerprint density at radius 2 is 1.86 bits per heavy atom. The van der Waals surface area contributed by atoms with Gasteiger partial charge in [-0.2, -0.15) is 0 Å². The van der Waals surface area contributed by atoms with Gasteiger partial charge in [-0.15, -0.1) is 0 Å². The number of hydrogen-bond donors (Lipinski definition) is 1. The van der Waals surface area contributed by atoms with Gasteiger partial charge in [0.2, 0.25) is 5.91 Å². The summed E-state index contributed by atoms with van der Waals surface area (Å²) in [6, 6.07) is 16.7. The second-order valence-corrected chi connectivity index (χ2v) is 9.59. The lowest BCUT2D eigenvalue weighted by atomic mass is 9.93. The Balaban J connectivity index is 1.69. The number of allylic oxidation sites excluding steroid dienone is 1. The third kappa shape index (κ3) is 5.49. The maximum atomic E-state index is 13.5. The molecule has 36 heavy (non-hydrogen) atoms. The number of nitrogens with one attached hydrogen (secondary N) is 1. The Morgan fingerprint density at radius 1 is 1.14 bits per heavy atom. The summed E-state index contributed by atoms with van der Waals surface area (Å²) >= 11 is 1.45. The van der Waals surface area contributed by atoms with Crippen LogP contribution in [0.3, 0.4) is 0 Å². The molecule has 0 aromatic heterocycles. The molecule has 2 aliphatic heterocycles. The number of thioether (sulfide) groups is 1. The molecule has 7 nitrogen and oxygen atoms in total.